The Labute approximate surface area is 128 Å². The van der Waals surface area contributed by atoms with Gasteiger partial charge >= 0.3 is 0 Å². The number of rotatable bonds is 8. The Morgan fingerprint density at radius 3 is 2.52 bits per heavy atom. The van der Waals surface area contributed by atoms with Crippen molar-refractivity contribution in [2.45, 2.75) is 6.04 Å². The molecule has 1 rings (SSSR count). The molecule has 0 aliphatic heterocycles. The number of anilines is 1. The molecule has 0 saturated carbocycles. The third-order valence-electron chi connectivity index (χ3n) is 2.51. The zero-order valence-corrected chi connectivity index (χ0v) is 12.4. The summed E-state index contributed by atoms with van der Waals surface area (Å²) < 4.78 is 4.77. The number of nitro groups is 1. The van der Waals surface area contributed by atoms with Crippen LogP contribution in [0, 0.1) is 10.1 Å². The Morgan fingerprint density at radius 1 is 1.38 bits per heavy atom. The Kier molecular flexibility index (Phi) is 9.02. The van der Waals surface area contributed by atoms with E-state index in [9.17, 15) is 14.9 Å². The highest BCUT2D eigenvalue weighted by Gasteiger charge is 2.11. The van der Waals surface area contributed by atoms with Crippen LogP contribution in [0.15, 0.2) is 24.3 Å². The highest BCUT2D eigenvalue weighted by Crippen LogP contribution is 2.14. The number of hydrogen-bond donors (Lipinski definition) is 3. The number of ether oxygens (including phenoxy) is 1. The molecule has 1 unspecified atom stereocenters. The molecule has 21 heavy (non-hydrogen) atoms. The van der Waals surface area contributed by atoms with Crippen LogP contribution in [0.3, 0.4) is 0 Å². The van der Waals surface area contributed by atoms with Gasteiger partial charge in [0, 0.05) is 38.0 Å². The largest absolute Gasteiger partial charge is 0.383 e. The fourth-order valence-electron chi connectivity index (χ4n) is 1.48. The Balaban J connectivity index is 0.00000400. The van der Waals surface area contributed by atoms with Crippen LogP contribution in [0.25, 0.3) is 0 Å². The van der Waals surface area contributed by atoms with Gasteiger partial charge in [0.1, 0.15) is 6.04 Å². The Bertz CT molecular complexity index is 455. The van der Waals surface area contributed by atoms with Crippen molar-refractivity contribution in [1.29, 1.82) is 0 Å². The zero-order chi connectivity index (χ0) is 15.0. The van der Waals surface area contributed by atoms with Crippen LogP contribution in [0.1, 0.15) is 0 Å². The summed E-state index contributed by atoms with van der Waals surface area (Å²) in [5.74, 6) is -0.280. The maximum absolute atomic E-state index is 11.4. The minimum atomic E-state index is -0.681. The fourth-order valence-corrected chi connectivity index (χ4v) is 1.48. The summed E-state index contributed by atoms with van der Waals surface area (Å²) in [5, 5.41) is 16.2. The quantitative estimate of drug-likeness (QED) is 0.365. The van der Waals surface area contributed by atoms with Crippen molar-refractivity contribution in [1.82, 2.24) is 5.32 Å². The van der Waals surface area contributed by atoms with Gasteiger partial charge in [-0.15, -0.1) is 12.4 Å². The minimum absolute atomic E-state index is 0. The monoisotopic (exact) mass is 318 g/mol. The van der Waals surface area contributed by atoms with Gasteiger partial charge in [-0.3, -0.25) is 14.9 Å². The SMILES string of the molecule is COCC(N)C(=O)NCCNc1ccc([N+](=O)[O-])cc1.Cl. The molecule has 8 nitrogen and oxygen atoms in total. The summed E-state index contributed by atoms with van der Waals surface area (Å²) >= 11 is 0. The van der Waals surface area contributed by atoms with E-state index in [0.717, 1.165) is 5.69 Å². The van der Waals surface area contributed by atoms with E-state index in [1.165, 1.54) is 19.2 Å². The number of nitro benzene ring substituents is 1. The summed E-state index contributed by atoms with van der Waals surface area (Å²) in [6, 6.07) is 5.36. The first-order chi connectivity index (χ1) is 9.54. The summed E-state index contributed by atoms with van der Waals surface area (Å²) in [6.45, 7) is 1.05. The molecule has 0 radical (unpaired) electrons. The molecule has 9 heteroatoms. The standard InChI is InChI=1S/C12H18N4O4.ClH/c1-20-8-11(13)12(17)15-7-6-14-9-2-4-10(5-3-9)16(18)19;/h2-5,11,14H,6-8,13H2,1H3,(H,15,17);1H. The lowest BCUT2D eigenvalue weighted by atomic mass is 10.3. The van der Waals surface area contributed by atoms with Crippen molar-refractivity contribution >= 4 is 29.7 Å². The molecule has 0 aliphatic carbocycles. The number of carbonyl (C=O) groups is 1. The second-order valence-electron chi connectivity index (χ2n) is 4.08. The molecule has 0 spiro atoms. The topological polar surface area (TPSA) is 120 Å². The lowest BCUT2D eigenvalue weighted by Crippen LogP contribution is -2.44. The molecule has 0 bridgehead atoms. The molecule has 1 aromatic rings. The second-order valence-corrected chi connectivity index (χ2v) is 4.08. The average molecular weight is 319 g/mol. The Morgan fingerprint density at radius 2 is 2.00 bits per heavy atom. The molecule has 0 fully saturated rings. The molecule has 1 amide bonds. The Hall–Kier alpha value is -1.90. The number of halogens is 1. The highest BCUT2D eigenvalue weighted by molar-refractivity contribution is 5.85. The third kappa shape index (κ3) is 6.89. The van der Waals surface area contributed by atoms with Crippen LogP contribution in [0.2, 0.25) is 0 Å². The van der Waals surface area contributed by atoms with Gasteiger partial charge in [0.25, 0.3) is 5.69 Å². The predicted molar refractivity (Wildman–Crippen MR) is 81.7 cm³/mol. The number of nitrogens with two attached hydrogens (primary N) is 1. The van der Waals surface area contributed by atoms with E-state index < -0.39 is 11.0 Å². The van der Waals surface area contributed by atoms with E-state index in [-0.39, 0.29) is 30.6 Å². The smallest absolute Gasteiger partial charge is 0.269 e. The van der Waals surface area contributed by atoms with Gasteiger partial charge in [0.05, 0.1) is 11.5 Å². The van der Waals surface area contributed by atoms with E-state index in [4.69, 9.17) is 10.5 Å². The molecule has 0 heterocycles. The van der Waals surface area contributed by atoms with E-state index in [0.29, 0.717) is 13.1 Å². The van der Waals surface area contributed by atoms with E-state index in [1.807, 2.05) is 0 Å². The second kappa shape index (κ2) is 9.92. The van der Waals surface area contributed by atoms with E-state index >= 15 is 0 Å². The minimum Gasteiger partial charge on any atom is -0.383 e. The molecule has 0 saturated heterocycles. The van der Waals surface area contributed by atoms with Gasteiger partial charge in [-0.25, -0.2) is 0 Å². The van der Waals surface area contributed by atoms with Crippen LogP contribution in [0.5, 0.6) is 0 Å². The van der Waals surface area contributed by atoms with E-state index in [2.05, 4.69) is 10.6 Å². The molecule has 1 atom stereocenters. The van der Waals surface area contributed by atoms with Crippen molar-refractivity contribution in [2.75, 3.05) is 32.1 Å². The lowest BCUT2D eigenvalue weighted by Gasteiger charge is -2.12. The molecule has 0 aromatic heterocycles. The van der Waals surface area contributed by atoms with Crippen molar-refractivity contribution < 1.29 is 14.5 Å². The average Bonchev–Trinajstić information content (AvgIpc) is 2.44. The van der Waals surface area contributed by atoms with Crippen LogP contribution in [-0.4, -0.2) is 43.7 Å². The number of non-ortho nitro benzene ring substituents is 1. The fraction of sp³-hybridized carbons (Fsp3) is 0.417. The maximum atomic E-state index is 11.4. The van der Waals surface area contributed by atoms with Crippen molar-refractivity contribution in [2.24, 2.45) is 5.73 Å². The summed E-state index contributed by atoms with van der Waals surface area (Å²) in [5.41, 5.74) is 6.32. The van der Waals surface area contributed by atoms with Gasteiger partial charge in [0.2, 0.25) is 5.91 Å². The lowest BCUT2D eigenvalue weighted by molar-refractivity contribution is -0.384. The third-order valence-corrected chi connectivity index (χ3v) is 2.51. The molecule has 0 aliphatic rings. The van der Waals surface area contributed by atoms with Gasteiger partial charge < -0.3 is 21.1 Å². The number of benzene rings is 1. The van der Waals surface area contributed by atoms with Gasteiger partial charge in [-0.05, 0) is 12.1 Å². The zero-order valence-electron chi connectivity index (χ0n) is 11.6. The van der Waals surface area contributed by atoms with Crippen molar-refractivity contribution in [3.8, 4) is 0 Å². The number of carbonyl (C=O) groups excluding carboxylic acids is 1. The summed E-state index contributed by atoms with van der Waals surface area (Å²) in [7, 11) is 1.48. The van der Waals surface area contributed by atoms with Crippen LogP contribution in [0.4, 0.5) is 11.4 Å². The molecular formula is C12H19ClN4O4. The van der Waals surface area contributed by atoms with Crippen LogP contribution >= 0.6 is 12.4 Å². The summed E-state index contributed by atoms with van der Waals surface area (Å²) in [4.78, 5) is 21.5. The number of nitrogens with zero attached hydrogens (tertiary/aromatic N) is 1. The molecule has 1 aromatic carbocycles. The summed E-state index contributed by atoms with van der Waals surface area (Å²) in [6.07, 6.45) is 0. The highest BCUT2D eigenvalue weighted by atomic mass is 35.5. The van der Waals surface area contributed by atoms with Gasteiger partial charge in [0.15, 0.2) is 0 Å². The van der Waals surface area contributed by atoms with E-state index in [1.54, 1.807) is 12.1 Å². The van der Waals surface area contributed by atoms with Gasteiger partial charge in [-0.1, -0.05) is 0 Å². The number of nitrogens with one attached hydrogen (secondary N) is 2. The van der Waals surface area contributed by atoms with Crippen molar-refractivity contribution in [3.63, 3.8) is 0 Å². The van der Waals surface area contributed by atoms with Crippen LogP contribution in [-0.2, 0) is 9.53 Å². The van der Waals surface area contributed by atoms with Gasteiger partial charge in [-0.2, -0.15) is 0 Å². The van der Waals surface area contributed by atoms with Crippen molar-refractivity contribution in [3.05, 3.63) is 34.4 Å². The predicted octanol–water partition coefficient (Wildman–Crippen LogP) is 0.518. The molecule has 4 N–H and O–H groups in total. The first-order valence-electron chi connectivity index (χ1n) is 6.05. The number of hydrogen-bond acceptors (Lipinski definition) is 6. The molecular weight excluding hydrogens is 300 g/mol. The maximum Gasteiger partial charge on any atom is 0.269 e. The first-order valence-corrected chi connectivity index (χ1v) is 6.05. The number of methoxy groups -OCH3 is 1. The first kappa shape index (κ1) is 19.1. The normalized spacial score (nSPS) is 11.1. The van der Waals surface area contributed by atoms with Crippen LogP contribution < -0.4 is 16.4 Å². The molecule has 118 valence electrons. The number of amides is 1.